The Labute approximate surface area is 105 Å². The van der Waals surface area contributed by atoms with Crippen LogP contribution in [-0.4, -0.2) is 19.6 Å². The lowest BCUT2D eigenvalue weighted by atomic mass is 10.3. The van der Waals surface area contributed by atoms with Gasteiger partial charge in [0, 0.05) is 12.3 Å². The van der Waals surface area contributed by atoms with Crippen LogP contribution in [0.15, 0.2) is 36.7 Å². The van der Waals surface area contributed by atoms with Gasteiger partial charge >= 0.3 is 0 Å². The van der Waals surface area contributed by atoms with Gasteiger partial charge in [-0.3, -0.25) is 4.98 Å². The molecule has 7 heteroatoms. The number of aromatic nitrogens is 4. The van der Waals surface area contributed by atoms with Gasteiger partial charge in [0.2, 0.25) is 0 Å². The number of alkyl halides is 2. The zero-order valence-corrected chi connectivity index (χ0v) is 9.46. The largest absolute Gasteiger partial charge is 0.282 e. The molecular weight excluding hydrogens is 257 g/mol. The fourth-order valence-corrected chi connectivity index (χ4v) is 1.72. The molecule has 4 nitrogen and oxygen atoms in total. The van der Waals surface area contributed by atoms with Crippen LogP contribution in [0.1, 0.15) is 12.1 Å². The Morgan fingerprint density at radius 3 is 2.68 bits per heavy atom. The monoisotopic (exact) mass is 264 g/mol. The second-order valence-corrected chi connectivity index (χ2v) is 3.83. The van der Waals surface area contributed by atoms with Crippen LogP contribution >= 0.6 is 0 Å². The van der Waals surface area contributed by atoms with Crippen molar-refractivity contribution in [2.45, 2.75) is 6.43 Å². The molecule has 0 saturated carbocycles. The number of pyridine rings is 1. The van der Waals surface area contributed by atoms with E-state index >= 15 is 0 Å². The maximum absolute atomic E-state index is 13.2. The maximum Gasteiger partial charge on any atom is 0.282 e. The second-order valence-electron chi connectivity index (χ2n) is 3.83. The highest BCUT2D eigenvalue weighted by Gasteiger charge is 2.13. The van der Waals surface area contributed by atoms with E-state index in [-0.39, 0.29) is 11.4 Å². The molecule has 0 radical (unpaired) electrons. The Balaban J connectivity index is 2.21. The molecule has 0 amide bonds. The molecule has 0 fully saturated rings. The van der Waals surface area contributed by atoms with Crippen molar-refractivity contribution in [3.8, 4) is 11.4 Å². The summed E-state index contributed by atoms with van der Waals surface area (Å²) in [5.74, 6) is -0.468. The third-order valence-corrected chi connectivity index (χ3v) is 2.59. The molecule has 19 heavy (non-hydrogen) atoms. The molecule has 3 heterocycles. The van der Waals surface area contributed by atoms with Crippen LogP contribution in [0.3, 0.4) is 0 Å². The van der Waals surface area contributed by atoms with E-state index in [1.807, 2.05) is 0 Å². The molecule has 0 aromatic carbocycles. The molecule has 3 aromatic heterocycles. The highest BCUT2D eigenvalue weighted by atomic mass is 19.3. The normalized spacial score (nSPS) is 11.4. The maximum atomic E-state index is 13.2. The Hall–Kier alpha value is -2.44. The van der Waals surface area contributed by atoms with Crippen molar-refractivity contribution in [2.75, 3.05) is 0 Å². The summed E-state index contributed by atoms with van der Waals surface area (Å²) in [4.78, 5) is 8.00. The van der Waals surface area contributed by atoms with E-state index < -0.39 is 12.2 Å². The standard InChI is InChI=1S/C12H7F3N4/c13-7-3-4-16-9(5-7)10-6-17-11-2-1-8(12(14)15)18-19(10)11/h1-6,12H. The molecule has 0 spiro atoms. The van der Waals surface area contributed by atoms with Crippen LogP contribution in [0, 0.1) is 5.82 Å². The van der Waals surface area contributed by atoms with Crippen LogP contribution in [0.25, 0.3) is 17.0 Å². The van der Waals surface area contributed by atoms with Crippen molar-refractivity contribution < 1.29 is 13.2 Å². The van der Waals surface area contributed by atoms with Crippen molar-refractivity contribution in [3.63, 3.8) is 0 Å². The van der Waals surface area contributed by atoms with Gasteiger partial charge in [-0.05, 0) is 18.2 Å². The van der Waals surface area contributed by atoms with Crippen LogP contribution in [-0.2, 0) is 0 Å². The van der Waals surface area contributed by atoms with Gasteiger partial charge in [0.1, 0.15) is 17.2 Å². The van der Waals surface area contributed by atoms with E-state index in [4.69, 9.17) is 0 Å². The Morgan fingerprint density at radius 2 is 1.95 bits per heavy atom. The third kappa shape index (κ3) is 2.03. The predicted molar refractivity (Wildman–Crippen MR) is 61.1 cm³/mol. The van der Waals surface area contributed by atoms with Gasteiger partial charge in [0.05, 0.1) is 11.9 Å². The molecule has 0 unspecified atom stereocenters. The Bertz CT molecular complexity index is 739. The van der Waals surface area contributed by atoms with E-state index in [2.05, 4.69) is 15.1 Å². The molecule has 0 bridgehead atoms. The summed E-state index contributed by atoms with van der Waals surface area (Å²) in [7, 11) is 0. The zero-order chi connectivity index (χ0) is 13.4. The first-order chi connectivity index (χ1) is 9.15. The number of fused-ring (bicyclic) bond motifs is 1. The van der Waals surface area contributed by atoms with Gasteiger partial charge in [0.25, 0.3) is 6.43 Å². The van der Waals surface area contributed by atoms with Crippen molar-refractivity contribution in [1.29, 1.82) is 0 Å². The average molecular weight is 264 g/mol. The van der Waals surface area contributed by atoms with E-state index in [1.54, 1.807) is 0 Å². The Kier molecular flexibility index (Phi) is 2.66. The van der Waals surface area contributed by atoms with E-state index in [0.717, 1.165) is 0 Å². The van der Waals surface area contributed by atoms with Crippen molar-refractivity contribution in [2.24, 2.45) is 0 Å². The van der Waals surface area contributed by atoms with Crippen LogP contribution in [0.5, 0.6) is 0 Å². The molecule has 0 saturated heterocycles. The third-order valence-electron chi connectivity index (χ3n) is 2.59. The molecule has 96 valence electrons. The summed E-state index contributed by atoms with van der Waals surface area (Å²) in [6.45, 7) is 0. The van der Waals surface area contributed by atoms with Crippen LogP contribution < -0.4 is 0 Å². The number of rotatable bonds is 2. The molecule has 0 aliphatic heterocycles. The van der Waals surface area contributed by atoms with Gasteiger partial charge in [-0.2, -0.15) is 5.10 Å². The Morgan fingerprint density at radius 1 is 1.11 bits per heavy atom. The van der Waals surface area contributed by atoms with Gasteiger partial charge < -0.3 is 0 Å². The van der Waals surface area contributed by atoms with Crippen molar-refractivity contribution in [1.82, 2.24) is 19.6 Å². The van der Waals surface area contributed by atoms with Gasteiger partial charge in [0.15, 0.2) is 5.65 Å². The predicted octanol–water partition coefficient (Wildman–Crippen LogP) is 2.87. The summed E-state index contributed by atoms with van der Waals surface area (Å²) in [6.07, 6.45) is 0.0283. The van der Waals surface area contributed by atoms with Gasteiger partial charge in [-0.1, -0.05) is 0 Å². The zero-order valence-electron chi connectivity index (χ0n) is 9.46. The number of hydrogen-bond acceptors (Lipinski definition) is 3. The molecule has 3 rings (SSSR count). The molecule has 0 N–H and O–H groups in total. The number of nitrogens with zero attached hydrogens (tertiary/aromatic N) is 4. The summed E-state index contributed by atoms with van der Waals surface area (Å²) >= 11 is 0. The lowest BCUT2D eigenvalue weighted by molar-refractivity contribution is 0.144. The smallest absolute Gasteiger partial charge is 0.254 e. The lowest BCUT2D eigenvalue weighted by Crippen LogP contribution is -2.00. The topological polar surface area (TPSA) is 43.1 Å². The second kappa shape index (κ2) is 4.34. The highest BCUT2D eigenvalue weighted by molar-refractivity contribution is 5.58. The minimum atomic E-state index is -2.68. The molecular formula is C12H7F3N4. The lowest BCUT2D eigenvalue weighted by Gasteiger charge is -2.03. The molecule has 3 aromatic rings. The first-order valence-electron chi connectivity index (χ1n) is 5.40. The number of halogens is 3. The fraction of sp³-hybridized carbons (Fsp3) is 0.0833. The summed E-state index contributed by atoms with van der Waals surface area (Å²) in [5.41, 5.74) is 0.664. The van der Waals surface area contributed by atoms with Crippen molar-refractivity contribution >= 4 is 5.65 Å². The van der Waals surface area contributed by atoms with E-state index in [9.17, 15) is 13.2 Å². The number of hydrogen-bond donors (Lipinski definition) is 0. The molecule has 0 atom stereocenters. The summed E-state index contributed by atoms with van der Waals surface area (Å²) < 4.78 is 39.6. The van der Waals surface area contributed by atoms with Crippen LogP contribution in [0.4, 0.5) is 13.2 Å². The highest BCUT2D eigenvalue weighted by Crippen LogP contribution is 2.21. The average Bonchev–Trinajstić information content (AvgIpc) is 2.81. The van der Waals surface area contributed by atoms with Gasteiger partial charge in [-0.15, -0.1) is 0 Å². The molecule has 0 aliphatic rings. The van der Waals surface area contributed by atoms with E-state index in [1.165, 1.54) is 41.2 Å². The summed E-state index contributed by atoms with van der Waals surface area (Å²) in [5, 5.41) is 3.78. The minimum absolute atomic E-state index is 0.284. The summed E-state index contributed by atoms with van der Waals surface area (Å²) in [6, 6.07) is 5.03. The molecule has 0 aliphatic carbocycles. The van der Waals surface area contributed by atoms with Crippen LogP contribution in [0.2, 0.25) is 0 Å². The first kappa shape index (κ1) is 11.6. The van der Waals surface area contributed by atoms with Gasteiger partial charge in [-0.25, -0.2) is 22.7 Å². The minimum Gasteiger partial charge on any atom is -0.254 e. The van der Waals surface area contributed by atoms with Crippen molar-refractivity contribution in [3.05, 3.63) is 48.2 Å². The number of imidazole rings is 1. The van der Waals surface area contributed by atoms with E-state index in [0.29, 0.717) is 11.3 Å². The SMILES string of the molecule is Fc1ccnc(-c2cnc3ccc(C(F)F)nn23)c1. The quantitative estimate of drug-likeness (QED) is 0.714. The first-order valence-corrected chi connectivity index (χ1v) is 5.40. The fourth-order valence-electron chi connectivity index (χ4n) is 1.72.